The molecule has 63 heavy (non-hydrogen) atoms. The summed E-state index contributed by atoms with van der Waals surface area (Å²) >= 11 is 0. The van der Waals surface area contributed by atoms with Crippen LogP contribution in [0.2, 0.25) is 0 Å². The number of allylic oxidation sites excluding steroid dienone is 14. The second-order valence-electron chi connectivity index (χ2n) is 17.1. The quantitative estimate of drug-likeness (QED) is 0.0262. The SMILES string of the molecule is CC/C=C\C/C=C\C/C=C\C/C=C\C/C=C\CCCCCCCCCC(=O)OCC(COC(=O)CCCCCCC)OC(=O)CCCCCCCCC/C=C\C/C=C\CCCCC. The summed E-state index contributed by atoms with van der Waals surface area (Å²) in [5.74, 6) is -0.918. The van der Waals surface area contributed by atoms with Gasteiger partial charge in [-0.15, -0.1) is 0 Å². The number of ether oxygens (including phenoxy) is 3. The van der Waals surface area contributed by atoms with Crippen LogP contribution in [-0.2, 0) is 28.6 Å². The average Bonchev–Trinajstić information content (AvgIpc) is 3.28. The third kappa shape index (κ3) is 49.5. The van der Waals surface area contributed by atoms with E-state index in [0.717, 1.165) is 116 Å². The number of carbonyl (C=O) groups is 3. The minimum atomic E-state index is -0.782. The van der Waals surface area contributed by atoms with Gasteiger partial charge >= 0.3 is 17.9 Å². The van der Waals surface area contributed by atoms with Crippen LogP contribution >= 0.6 is 0 Å². The first-order valence-corrected chi connectivity index (χ1v) is 26.1. The lowest BCUT2D eigenvalue weighted by molar-refractivity contribution is -0.167. The number of hydrogen-bond acceptors (Lipinski definition) is 6. The van der Waals surface area contributed by atoms with Crippen molar-refractivity contribution in [1.29, 1.82) is 0 Å². The molecular weight excluding hydrogens is 781 g/mol. The summed E-state index contributed by atoms with van der Waals surface area (Å²) in [6.07, 6.45) is 66.0. The van der Waals surface area contributed by atoms with Gasteiger partial charge in [0.1, 0.15) is 13.2 Å². The van der Waals surface area contributed by atoms with Crippen LogP contribution in [0.5, 0.6) is 0 Å². The predicted molar refractivity (Wildman–Crippen MR) is 270 cm³/mol. The Hall–Kier alpha value is -3.41. The molecule has 6 heteroatoms. The molecule has 0 aliphatic carbocycles. The lowest BCUT2D eigenvalue weighted by Gasteiger charge is -2.18. The zero-order valence-corrected chi connectivity index (χ0v) is 41.1. The molecule has 0 rings (SSSR count). The van der Waals surface area contributed by atoms with Gasteiger partial charge in [0.05, 0.1) is 0 Å². The maximum atomic E-state index is 12.7. The topological polar surface area (TPSA) is 78.9 Å². The molecule has 0 amide bonds. The van der Waals surface area contributed by atoms with Crippen molar-refractivity contribution in [1.82, 2.24) is 0 Å². The fourth-order valence-electron chi connectivity index (χ4n) is 6.97. The second-order valence-corrected chi connectivity index (χ2v) is 17.1. The van der Waals surface area contributed by atoms with Gasteiger partial charge in [-0.2, -0.15) is 0 Å². The Morgan fingerprint density at radius 3 is 1.00 bits per heavy atom. The van der Waals surface area contributed by atoms with Gasteiger partial charge in [0.15, 0.2) is 6.10 Å². The maximum absolute atomic E-state index is 12.7. The molecule has 0 aromatic heterocycles. The summed E-state index contributed by atoms with van der Waals surface area (Å²) in [6, 6.07) is 0. The van der Waals surface area contributed by atoms with E-state index >= 15 is 0 Å². The Morgan fingerprint density at radius 1 is 0.333 bits per heavy atom. The Labute approximate surface area is 388 Å². The number of hydrogen-bond donors (Lipinski definition) is 0. The molecule has 0 heterocycles. The van der Waals surface area contributed by atoms with E-state index in [2.05, 4.69) is 106 Å². The lowest BCUT2D eigenvalue weighted by atomic mass is 10.1. The number of esters is 3. The van der Waals surface area contributed by atoms with Crippen LogP contribution in [0.25, 0.3) is 0 Å². The molecule has 0 N–H and O–H groups in total. The third-order valence-electron chi connectivity index (χ3n) is 10.9. The number of carbonyl (C=O) groups excluding carboxylic acids is 3. The van der Waals surface area contributed by atoms with Crippen LogP contribution in [-0.4, -0.2) is 37.2 Å². The number of rotatable bonds is 46. The van der Waals surface area contributed by atoms with Gasteiger partial charge in [-0.3, -0.25) is 14.4 Å². The molecule has 1 unspecified atom stereocenters. The molecule has 0 saturated heterocycles. The van der Waals surface area contributed by atoms with E-state index in [4.69, 9.17) is 14.2 Å². The number of unbranched alkanes of at least 4 members (excludes halogenated alkanes) is 21. The largest absolute Gasteiger partial charge is 0.462 e. The fraction of sp³-hybridized carbons (Fsp3) is 0.702. The molecule has 0 spiro atoms. The van der Waals surface area contributed by atoms with Crippen LogP contribution in [0.15, 0.2) is 85.1 Å². The first kappa shape index (κ1) is 59.6. The Morgan fingerprint density at radius 2 is 0.619 bits per heavy atom. The summed E-state index contributed by atoms with van der Waals surface area (Å²) in [5.41, 5.74) is 0. The van der Waals surface area contributed by atoms with Crippen LogP contribution in [0, 0.1) is 0 Å². The van der Waals surface area contributed by atoms with Gasteiger partial charge in [0.25, 0.3) is 0 Å². The van der Waals surface area contributed by atoms with Crippen LogP contribution in [0.3, 0.4) is 0 Å². The van der Waals surface area contributed by atoms with Crippen molar-refractivity contribution < 1.29 is 28.6 Å². The first-order chi connectivity index (χ1) is 31.0. The van der Waals surface area contributed by atoms with E-state index in [0.29, 0.717) is 19.3 Å². The van der Waals surface area contributed by atoms with Crippen molar-refractivity contribution in [3.05, 3.63) is 85.1 Å². The summed E-state index contributed by atoms with van der Waals surface area (Å²) in [4.78, 5) is 37.7. The van der Waals surface area contributed by atoms with Gasteiger partial charge in [0, 0.05) is 19.3 Å². The molecule has 1 atom stereocenters. The molecule has 0 fully saturated rings. The van der Waals surface area contributed by atoms with E-state index in [1.165, 1.54) is 83.5 Å². The van der Waals surface area contributed by atoms with E-state index in [1.807, 2.05) is 0 Å². The zero-order chi connectivity index (χ0) is 45.8. The molecule has 0 aromatic rings. The monoisotopic (exact) mass is 877 g/mol. The highest BCUT2D eigenvalue weighted by atomic mass is 16.6. The Balaban J connectivity index is 4.19. The van der Waals surface area contributed by atoms with E-state index < -0.39 is 6.10 Å². The van der Waals surface area contributed by atoms with Gasteiger partial charge in [-0.1, -0.05) is 209 Å². The standard InChI is InChI=1S/C57H96O6/c1-4-7-10-13-15-17-19-21-23-25-26-27-28-29-30-32-33-35-37-39-41-44-47-50-56(59)62-53-54(52-61-55(58)49-46-43-12-9-6-3)63-57(60)51-48-45-42-40-38-36-34-31-24-22-20-18-16-14-11-8-5-2/h7,10,15-18,21-24,26-27,29-30,54H,4-6,8-9,11-14,19-20,25,28,31-53H2,1-3H3/b10-7-,17-15-,18-16-,23-21-,24-22-,27-26-,30-29-. The van der Waals surface area contributed by atoms with Gasteiger partial charge < -0.3 is 14.2 Å². The van der Waals surface area contributed by atoms with Gasteiger partial charge in [-0.25, -0.2) is 0 Å². The summed E-state index contributed by atoms with van der Waals surface area (Å²) in [6.45, 7) is 6.40. The van der Waals surface area contributed by atoms with Gasteiger partial charge in [-0.05, 0) is 96.3 Å². The highest BCUT2D eigenvalue weighted by Crippen LogP contribution is 2.14. The molecule has 0 aliphatic rings. The van der Waals surface area contributed by atoms with E-state index in [9.17, 15) is 14.4 Å². The smallest absolute Gasteiger partial charge is 0.306 e. The summed E-state index contributed by atoms with van der Waals surface area (Å²) in [7, 11) is 0. The highest BCUT2D eigenvalue weighted by Gasteiger charge is 2.19. The van der Waals surface area contributed by atoms with Gasteiger partial charge in [0.2, 0.25) is 0 Å². The first-order valence-electron chi connectivity index (χ1n) is 26.1. The molecule has 0 bridgehead atoms. The Kier molecular flexibility index (Phi) is 48.5. The molecule has 0 saturated carbocycles. The van der Waals surface area contributed by atoms with Crippen molar-refractivity contribution >= 4 is 17.9 Å². The molecule has 0 aromatic carbocycles. The van der Waals surface area contributed by atoms with Crippen molar-refractivity contribution in [3.63, 3.8) is 0 Å². The van der Waals surface area contributed by atoms with Crippen molar-refractivity contribution in [2.45, 2.75) is 245 Å². The zero-order valence-electron chi connectivity index (χ0n) is 41.1. The molecule has 0 aliphatic heterocycles. The lowest BCUT2D eigenvalue weighted by Crippen LogP contribution is -2.30. The van der Waals surface area contributed by atoms with Crippen molar-refractivity contribution in [2.75, 3.05) is 13.2 Å². The highest BCUT2D eigenvalue weighted by molar-refractivity contribution is 5.71. The van der Waals surface area contributed by atoms with Crippen molar-refractivity contribution in [3.8, 4) is 0 Å². The Bertz CT molecular complexity index is 1240. The molecule has 0 radical (unpaired) electrons. The third-order valence-corrected chi connectivity index (χ3v) is 10.9. The molecule has 360 valence electrons. The van der Waals surface area contributed by atoms with Crippen LogP contribution in [0.1, 0.15) is 239 Å². The molecular formula is C57H96O6. The van der Waals surface area contributed by atoms with Crippen molar-refractivity contribution in [2.24, 2.45) is 0 Å². The second kappa shape index (κ2) is 51.2. The van der Waals surface area contributed by atoms with Crippen LogP contribution in [0.4, 0.5) is 0 Å². The van der Waals surface area contributed by atoms with Crippen LogP contribution < -0.4 is 0 Å². The minimum absolute atomic E-state index is 0.0845. The summed E-state index contributed by atoms with van der Waals surface area (Å²) in [5, 5.41) is 0. The predicted octanol–water partition coefficient (Wildman–Crippen LogP) is 17.2. The van der Waals surface area contributed by atoms with E-state index in [1.54, 1.807) is 0 Å². The molecule has 6 nitrogen and oxygen atoms in total. The summed E-state index contributed by atoms with van der Waals surface area (Å²) < 4.78 is 16.7. The average molecular weight is 877 g/mol. The maximum Gasteiger partial charge on any atom is 0.306 e. The van der Waals surface area contributed by atoms with E-state index in [-0.39, 0.29) is 31.1 Å². The fourth-order valence-corrected chi connectivity index (χ4v) is 6.97. The normalized spacial score (nSPS) is 12.7. The minimum Gasteiger partial charge on any atom is -0.462 e.